The average molecular weight is 356 g/mol. The van der Waals surface area contributed by atoms with E-state index in [1.165, 1.54) is 11.3 Å². The monoisotopic (exact) mass is 356 g/mol. The number of hydrogen-bond acceptors (Lipinski definition) is 7. The minimum absolute atomic E-state index is 0.165. The number of carbonyl (C=O) groups is 1. The van der Waals surface area contributed by atoms with Crippen LogP contribution in [0.5, 0.6) is 0 Å². The van der Waals surface area contributed by atoms with Gasteiger partial charge in [0.1, 0.15) is 5.82 Å². The van der Waals surface area contributed by atoms with Crippen LogP contribution in [-0.4, -0.2) is 48.0 Å². The van der Waals surface area contributed by atoms with Crippen molar-refractivity contribution in [3.05, 3.63) is 41.0 Å². The van der Waals surface area contributed by atoms with Crippen LogP contribution in [0.25, 0.3) is 10.2 Å². The first kappa shape index (κ1) is 17.1. The van der Waals surface area contributed by atoms with Crippen LogP contribution < -0.4 is 15.5 Å². The third-order valence-electron chi connectivity index (χ3n) is 3.48. The number of nitrogens with one attached hydrogen (secondary N) is 2. The van der Waals surface area contributed by atoms with Crippen molar-refractivity contribution in [2.45, 2.75) is 6.92 Å². The normalized spacial score (nSPS) is 10.7. The molecule has 8 heteroatoms. The van der Waals surface area contributed by atoms with E-state index >= 15 is 0 Å². The van der Waals surface area contributed by atoms with Crippen LogP contribution in [0.4, 0.5) is 11.8 Å². The zero-order valence-electron chi connectivity index (χ0n) is 14.4. The van der Waals surface area contributed by atoms with Gasteiger partial charge in [-0.1, -0.05) is 12.1 Å². The number of nitrogens with zero attached hydrogens (tertiary/aromatic N) is 4. The summed E-state index contributed by atoms with van der Waals surface area (Å²) in [5.74, 6) is 1.23. The highest BCUT2D eigenvalue weighted by atomic mass is 32.1. The van der Waals surface area contributed by atoms with Gasteiger partial charge in [-0.15, -0.1) is 11.3 Å². The Hall–Kier alpha value is -2.74. The highest BCUT2D eigenvalue weighted by Gasteiger charge is 2.11. The van der Waals surface area contributed by atoms with Crippen LogP contribution >= 0.6 is 11.3 Å². The van der Waals surface area contributed by atoms with E-state index < -0.39 is 0 Å². The lowest BCUT2D eigenvalue weighted by molar-refractivity contribution is 0.0955. The van der Waals surface area contributed by atoms with Crippen molar-refractivity contribution in [2.24, 2.45) is 0 Å². The van der Waals surface area contributed by atoms with Crippen molar-refractivity contribution in [1.82, 2.24) is 20.3 Å². The average Bonchev–Trinajstić information content (AvgIpc) is 3.02. The Bertz CT molecular complexity index is 859. The van der Waals surface area contributed by atoms with Gasteiger partial charge in [0, 0.05) is 38.9 Å². The molecule has 0 unspecified atom stereocenters. The maximum absolute atomic E-state index is 12.2. The molecule has 2 heterocycles. The van der Waals surface area contributed by atoms with Crippen molar-refractivity contribution in [3.8, 4) is 0 Å². The summed E-state index contributed by atoms with van der Waals surface area (Å²) >= 11 is 1.39. The Kier molecular flexibility index (Phi) is 5.08. The molecule has 1 aromatic carbocycles. The summed E-state index contributed by atoms with van der Waals surface area (Å²) in [6.07, 6.45) is 0. The molecule has 2 N–H and O–H groups in total. The second-order valence-corrected chi connectivity index (χ2v) is 6.79. The molecule has 25 heavy (non-hydrogen) atoms. The SMILES string of the molecule is Cc1cc(N(C)C)nc(NCCNC(=O)c2nc3ccccc3s2)n1. The first-order valence-corrected chi connectivity index (χ1v) is 8.75. The first-order chi connectivity index (χ1) is 12.0. The number of fused-ring (bicyclic) bond motifs is 1. The molecule has 0 saturated heterocycles. The summed E-state index contributed by atoms with van der Waals surface area (Å²) in [5, 5.41) is 6.47. The van der Waals surface area contributed by atoms with Gasteiger partial charge in [0.25, 0.3) is 5.91 Å². The predicted molar refractivity (Wildman–Crippen MR) is 102 cm³/mol. The number of benzene rings is 1. The second kappa shape index (κ2) is 7.43. The second-order valence-electron chi connectivity index (χ2n) is 5.75. The number of para-hydroxylation sites is 1. The lowest BCUT2D eigenvalue weighted by Gasteiger charge is -2.13. The van der Waals surface area contributed by atoms with Crippen molar-refractivity contribution in [3.63, 3.8) is 0 Å². The summed E-state index contributed by atoms with van der Waals surface area (Å²) in [6.45, 7) is 2.92. The van der Waals surface area contributed by atoms with E-state index in [1.54, 1.807) is 0 Å². The molecule has 0 bridgehead atoms. The number of thiazole rings is 1. The molecule has 2 aromatic heterocycles. The highest BCUT2D eigenvalue weighted by molar-refractivity contribution is 7.20. The number of rotatable bonds is 6. The van der Waals surface area contributed by atoms with Gasteiger partial charge in [-0.2, -0.15) is 4.98 Å². The van der Waals surface area contributed by atoms with Gasteiger partial charge in [0.15, 0.2) is 5.01 Å². The maximum Gasteiger partial charge on any atom is 0.280 e. The summed E-state index contributed by atoms with van der Waals surface area (Å²) in [7, 11) is 3.87. The number of carbonyl (C=O) groups excluding carboxylic acids is 1. The lowest BCUT2D eigenvalue weighted by atomic mass is 10.3. The Morgan fingerprint density at radius 1 is 1.16 bits per heavy atom. The van der Waals surface area contributed by atoms with Crippen LogP contribution in [0.15, 0.2) is 30.3 Å². The Morgan fingerprint density at radius 2 is 1.96 bits per heavy atom. The van der Waals surface area contributed by atoms with Gasteiger partial charge in [0.05, 0.1) is 10.2 Å². The fraction of sp³-hybridized carbons (Fsp3) is 0.294. The molecule has 0 aliphatic heterocycles. The minimum atomic E-state index is -0.165. The van der Waals surface area contributed by atoms with Crippen molar-refractivity contribution in [1.29, 1.82) is 0 Å². The molecular formula is C17H20N6OS. The number of aromatic nitrogens is 3. The molecule has 0 radical (unpaired) electrons. The molecule has 0 aliphatic carbocycles. The van der Waals surface area contributed by atoms with Crippen LogP contribution in [0, 0.1) is 6.92 Å². The molecule has 130 valence electrons. The van der Waals surface area contributed by atoms with E-state index in [0.29, 0.717) is 24.0 Å². The fourth-order valence-corrected chi connectivity index (χ4v) is 3.14. The van der Waals surface area contributed by atoms with Gasteiger partial charge in [-0.3, -0.25) is 4.79 Å². The molecule has 0 saturated carbocycles. The molecule has 7 nitrogen and oxygen atoms in total. The quantitative estimate of drug-likeness (QED) is 0.660. The Balaban J connectivity index is 1.53. The first-order valence-electron chi connectivity index (χ1n) is 7.93. The largest absolute Gasteiger partial charge is 0.363 e. The van der Waals surface area contributed by atoms with Gasteiger partial charge < -0.3 is 15.5 Å². The number of aryl methyl sites for hydroxylation is 1. The molecule has 3 rings (SSSR count). The van der Waals surface area contributed by atoms with E-state index in [-0.39, 0.29) is 5.91 Å². The van der Waals surface area contributed by atoms with Gasteiger partial charge >= 0.3 is 0 Å². The van der Waals surface area contributed by atoms with Crippen LogP contribution in [0.2, 0.25) is 0 Å². The third-order valence-corrected chi connectivity index (χ3v) is 4.52. The van der Waals surface area contributed by atoms with Crippen LogP contribution in [-0.2, 0) is 0 Å². The van der Waals surface area contributed by atoms with Gasteiger partial charge in [-0.05, 0) is 19.1 Å². The van der Waals surface area contributed by atoms with Crippen molar-refractivity contribution >= 4 is 39.2 Å². The Labute approximate surface area is 150 Å². The molecule has 0 fully saturated rings. The van der Waals surface area contributed by atoms with Crippen LogP contribution in [0.3, 0.4) is 0 Å². The third kappa shape index (κ3) is 4.21. The summed E-state index contributed by atoms with van der Waals surface area (Å²) < 4.78 is 1.01. The minimum Gasteiger partial charge on any atom is -0.363 e. The molecular weight excluding hydrogens is 336 g/mol. The summed E-state index contributed by atoms with van der Waals surface area (Å²) in [4.78, 5) is 27.2. The summed E-state index contributed by atoms with van der Waals surface area (Å²) in [6, 6.07) is 9.64. The zero-order chi connectivity index (χ0) is 17.8. The van der Waals surface area contributed by atoms with E-state index in [9.17, 15) is 4.79 Å². The van der Waals surface area contributed by atoms with Crippen LogP contribution in [0.1, 0.15) is 15.5 Å². The van der Waals surface area contributed by atoms with E-state index in [0.717, 1.165) is 21.7 Å². The smallest absolute Gasteiger partial charge is 0.280 e. The number of anilines is 2. The molecule has 0 aliphatic rings. The lowest BCUT2D eigenvalue weighted by Crippen LogP contribution is -2.29. The summed E-state index contributed by atoms with van der Waals surface area (Å²) in [5.41, 5.74) is 1.74. The van der Waals surface area contributed by atoms with Crippen molar-refractivity contribution in [2.75, 3.05) is 37.4 Å². The topological polar surface area (TPSA) is 83.0 Å². The standard InChI is InChI=1S/C17H20N6OS/c1-11-10-14(23(2)3)22-17(20-11)19-9-8-18-15(24)16-21-12-6-4-5-7-13(12)25-16/h4-7,10H,8-9H2,1-3H3,(H,18,24)(H,19,20,22). The fourth-order valence-electron chi connectivity index (χ4n) is 2.26. The maximum atomic E-state index is 12.2. The number of hydrogen-bond donors (Lipinski definition) is 2. The van der Waals surface area contributed by atoms with Crippen molar-refractivity contribution < 1.29 is 4.79 Å². The number of amides is 1. The zero-order valence-corrected chi connectivity index (χ0v) is 15.2. The highest BCUT2D eigenvalue weighted by Crippen LogP contribution is 2.21. The van der Waals surface area contributed by atoms with Gasteiger partial charge in [-0.25, -0.2) is 9.97 Å². The van der Waals surface area contributed by atoms with E-state index in [4.69, 9.17) is 0 Å². The molecule has 3 aromatic rings. The molecule has 0 atom stereocenters. The van der Waals surface area contributed by atoms with E-state index in [2.05, 4.69) is 25.6 Å². The van der Waals surface area contributed by atoms with E-state index in [1.807, 2.05) is 56.3 Å². The van der Waals surface area contributed by atoms with Gasteiger partial charge in [0.2, 0.25) is 5.95 Å². The molecule has 1 amide bonds. The molecule has 0 spiro atoms. The predicted octanol–water partition coefficient (Wildman–Crippen LogP) is 2.30. The Morgan fingerprint density at radius 3 is 2.72 bits per heavy atom.